The molecule has 5 nitrogen and oxygen atoms in total. The highest BCUT2D eigenvalue weighted by atomic mass is 32.1. The highest BCUT2D eigenvalue weighted by Crippen LogP contribution is 2.36. The minimum atomic E-state index is -0.0870. The lowest BCUT2D eigenvalue weighted by molar-refractivity contribution is 0.102. The van der Waals surface area contributed by atoms with Crippen molar-refractivity contribution in [3.8, 4) is 0 Å². The van der Waals surface area contributed by atoms with Crippen molar-refractivity contribution in [1.82, 2.24) is 9.97 Å². The number of hydrogen-bond acceptors (Lipinski definition) is 5. The van der Waals surface area contributed by atoms with E-state index in [4.69, 9.17) is 0 Å². The molecular weight excluding hydrogens is 356 g/mol. The van der Waals surface area contributed by atoms with E-state index in [-0.39, 0.29) is 5.91 Å². The van der Waals surface area contributed by atoms with Crippen LogP contribution >= 0.6 is 11.3 Å². The van der Waals surface area contributed by atoms with E-state index in [2.05, 4.69) is 39.2 Å². The van der Waals surface area contributed by atoms with Crippen molar-refractivity contribution in [2.24, 2.45) is 0 Å². The zero-order valence-electron chi connectivity index (χ0n) is 15.8. The molecular formula is C21H24N4OS. The fraction of sp³-hybridized carbons (Fsp3) is 0.381. The summed E-state index contributed by atoms with van der Waals surface area (Å²) >= 11 is 1.56. The van der Waals surface area contributed by atoms with Crippen LogP contribution < -0.4 is 10.2 Å². The summed E-state index contributed by atoms with van der Waals surface area (Å²) in [7, 11) is 0. The Bertz CT molecular complexity index is 958. The van der Waals surface area contributed by atoms with Crippen molar-refractivity contribution in [3.63, 3.8) is 0 Å². The van der Waals surface area contributed by atoms with E-state index in [0.717, 1.165) is 46.1 Å². The number of fused-ring (bicyclic) bond motifs is 1. The SMILES string of the molecule is CCc1ccc(NC(=O)c2c(C)sc3ncnc(N4CCCCC4)c23)cc1. The number of carbonyl (C=O) groups excluding carboxylic acids is 1. The van der Waals surface area contributed by atoms with Crippen molar-refractivity contribution in [3.05, 3.63) is 46.6 Å². The number of nitrogens with zero attached hydrogens (tertiary/aromatic N) is 3. The molecule has 1 fully saturated rings. The van der Waals surface area contributed by atoms with E-state index in [9.17, 15) is 4.79 Å². The molecule has 1 aromatic carbocycles. The Labute approximate surface area is 163 Å². The molecule has 2 aromatic heterocycles. The smallest absolute Gasteiger partial charge is 0.257 e. The Balaban J connectivity index is 1.71. The van der Waals surface area contributed by atoms with Gasteiger partial charge in [-0.25, -0.2) is 9.97 Å². The number of nitrogens with one attached hydrogen (secondary N) is 1. The van der Waals surface area contributed by atoms with Gasteiger partial charge in [-0.3, -0.25) is 4.79 Å². The van der Waals surface area contributed by atoms with Crippen LogP contribution in [0.5, 0.6) is 0 Å². The average Bonchev–Trinajstić information content (AvgIpc) is 3.05. The lowest BCUT2D eigenvalue weighted by Gasteiger charge is -2.28. The van der Waals surface area contributed by atoms with E-state index in [0.29, 0.717) is 5.56 Å². The van der Waals surface area contributed by atoms with Crippen molar-refractivity contribution < 1.29 is 4.79 Å². The summed E-state index contributed by atoms with van der Waals surface area (Å²) in [6.07, 6.45) is 6.20. The van der Waals surface area contributed by atoms with Gasteiger partial charge in [0, 0.05) is 23.7 Å². The molecule has 0 aliphatic carbocycles. The van der Waals surface area contributed by atoms with Gasteiger partial charge in [-0.2, -0.15) is 0 Å². The average molecular weight is 381 g/mol. The minimum absolute atomic E-state index is 0.0870. The van der Waals surface area contributed by atoms with Gasteiger partial charge >= 0.3 is 0 Å². The largest absolute Gasteiger partial charge is 0.356 e. The molecule has 6 heteroatoms. The van der Waals surface area contributed by atoms with Crippen LogP contribution in [0.4, 0.5) is 11.5 Å². The van der Waals surface area contributed by atoms with Crippen LogP contribution in [0.25, 0.3) is 10.2 Å². The summed E-state index contributed by atoms with van der Waals surface area (Å²) in [5, 5.41) is 3.95. The number of rotatable bonds is 4. The van der Waals surface area contributed by atoms with Gasteiger partial charge in [0.05, 0.1) is 10.9 Å². The third-order valence-corrected chi connectivity index (χ3v) is 6.16. The number of aryl methyl sites for hydroxylation is 2. The van der Waals surface area contributed by atoms with Crippen LogP contribution in [0.1, 0.15) is 47.0 Å². The van der Waals surface area contributed by atoms with Crippen LogP contribution in [0.15, 0.2) is 30.6 Å². The van der Waals surface area contributed by atoms with Crippen LogP contribution in [-0.2, 0) is 6.42 Å². The van der Waals surface area contributed by atoms with Gasteiger partial charge in [0.25, 0.3) is 5.91 Å². The highest BCUT2D eigenvalue weighted by Gasteiger charge is 2.24. The molecule has 0 spiro atoms. The Morgan fingerprint density at radius 3 is 2.59 bits per heavy atom. The third kappa shape index (κ3) is 3.54. The van der Waals surface area contributed by atoms with Crippen molar-refractivity contribution >= 4 is 39.0 Å². The van der Waals surface area contributed by atoms with Crippen molar-refractivity contribution in [2.75, 3.05) is 23.3 Å². The molecule has 0 unspecified atom stereocenters. The Morgan fingerprint density at radius 1 is 1.15 bits per heavy atom. The number of carbonyl (C=O) groups is 1. The molecule has 1 amide bonds. The summed E-state index contributed by atoms with van der Waals surface area (Å²) in [6, 6.07) is 8.03. The highest BCUT2D eigenvalue weighted by molar-refractivity contribution is 7.19. The molecule has 3 aromatic rings. The van der Waals surface area contributed by atoms with Crippen LogP contribution in [0.2, 0.25) is 0 Å². The number of piperidine rings is 1. The number of benzene rings is 1. The van der Waals surface area contributed by atoms with E-state index < -0.39 is 0 Å². The van der Waals surface area contributed by atoms with Crippen LogP contribution in [0, 0.1) is 6.92 Å². The maximum absolute atomic E-state index is 13.1. The fourth-order valence-electron chi connectivity index (χ4n) is 3.67. The molecule has 0 saturated carbocycles. The first-order chi connectivity index (χ1) is 13.2. The first-order valence-corrected chi connectivity index (χ1v) is 10.4. The van der Waals surface area contributed by atoms with Gasteiger partial charge < -0.3 is 10.2 Å². The van der Waals surface area contributed by atoms with Crippen molar-refractivity contribution in [2.45, 2.75) is 39.5 Å². The van der Waals surface area contributed by atoms with Crippen molar-refractivity contribution in [1.29, 1.82) is 0 Å². The second-order valence-corrected chi connectivity index (χ2v) is 8.17. The second kappa shape index (κ2) is 7.64. The van der Waals surface area contributed by atoms with E-state index in [1.807, 2.05) is 19.1 Å². The van der Waals surface area contributed by atoms with E-state index in [1.54, 1.807) is 17.7 Å². The summed E-state index contributed by atoms with van der Waals surface area (Å²) in [5.74, 6) is 0.812. The van der Waals surface area contributed by atoms with Gasteiger partial charge in [0.1, 0.15) is 17.0 Å². The third-order valence-electron chi connectivity index (χ3n) is 5.15. The van der Waals surface area contributed by atoms with Crippen LogP contribution in [-0.4, -0.2) is 29.0 Å². The molecule has 1 saturated heterocycles. The zero-order valence-corrected chi connectivity index (χ0v) is 16.6. The molecule has 0 atom stereocenters. The molecule has 0 radical (unpaired) electrons. The molecule has 1 aliphatic rings. The molecule has 4 rings (SSSR count). The number of hydrogen-bond donors (Lipinski definition) is 1. The Kier molecular flexibility index (Phi) is 5.07. The monoisotopic (exact) mass is 380 g/mol. The Hall–Kier alpha value is -2.47. The van der Waals surface area contributed by atoms with Gasteiger partial charge in [-0.1, -0.05) is 19.1 Å². The fourth-order valence-corrected chi connectivity index (χ4v) is 4.65. The number of amides is 1. The topological polar surface area (TPSA) is 58.1 Å². The lowest BCUT2D eigenvalue weighted by atomic mass is 10.1. The van der Waals surface area contributed by atoms with Gasteiger partial charge in [0.2, 0.25) is 0 Å². The van der Waals surface area contributed by atoms with Gasteiger partial charge in [0.15, 0.2) is 0 Å². The quantitative estimate of drug-likeness (QED) is 0.706. The summed E-state index contributed by atoms with van der Waals surface area (Å²) in [4.78, 5) is 26.3. The minimum Gasteiger partial charge on any atom is -0.356 e. The van der Waals surface area contributed by atoms with Gasteiger partial charge in [-0.15, -0.1) is 11.3 Å². The van der Waals surface area contributed by atoms with E-state index >= 15 is 0 Å². The maximum atomic E-state index is 13.1. The summed E-state index contributed by atoms with van der Waals surface area (Å²) in [5.41, 5.74) is 2.77. The number of thiophene rings is 1. The lowest BCUT2D eigenvalue weighted by Crippen LogP contribution is -2.30. The molecule has 140 valence electrons. The zero-order chi connectivity index (χ0) is 18.8. The first-order valence-electron chi connectivity index (χ1n) is 9.56. The first kappa shape index (κ1) is 17.9. The number of aromatic nitrogens is 2. The molecule has 0 bridgehead atoms. The molecule has 3 heterocycles. The standard InChI is InChI=1S/C21H24N4OS/c1-3-15-7-9-16(10-8-15)24-20(26)17-14(2)27-21-18(17)19(22-13-23-21)25-11-5-4-6-12-25/h7-10,13H,3-6,11-12H2,1-2H3,(H,24,26). The Morgan fingerprint density at radius 2 is 1.89 bits per heavy atom. The predicted octanol–water partition coefficient (Wildman–Crippen LogP) is 4.80. The molecule has 1 N–H and O–H groups in total. The van der Waals surface area contributed by atoms with Crippen LogP contribution in [0.3, 0.4) is 0 Å². The summed E-state index contributed by atoms with van der Waals surface area (Å²) in [6.45, 7) is 6.08. The maximum Gasteiger partial charge on any atom is 0.257 e. The second-order valence-electron chi connectivity index (χ2n) is 6.96. The normalized spacial score (nSPS) is 14.5. The molecule has 27 heavy (non-hydrogen) atoms. The summed E-state index contributed by atoms with van der Waals surface area (Å²) < 4.78 is 0. The molecule has 1 aliphatic heterocycles. The van der Waals surface area contributed by atoms with Gasteiger partial charge in [-0.05, 0) is 50.3 Å². The predicted molar refractivity (Wildman–Crippen MR) is 112 cm³/mol. The number of anilines is 2. The van der Waals surface area contributed by atoms with E-state index in [1.165, 1.54) is 24.8 Å².